The zero-order valence-corrected chi connectivity index (χ0v) is 71.0. The second kappa shape index (κ2) is 32.0. The van der Waals surface area contributed by atoms with Crippen LogP contribution in [0.5, 0.6) is 92.0 Å². The Morgan fingerprint density at radius 2 is 0.305 bits per heavy atom. The van der Waals surface area contributed by atoms with Gasteiger partial charge in [0, 0.05) is 43.8 Å². The largest absolute Gasteiger partial charge is 0.453 e. The van der Waals surface area contributed by atoms with Crippen molar-refractivity contribution in [3.05, 3.63) is 243 Å². The van der Waals surface area contributed by atoms with E-state index >= 15 is 0 Å². The summed E-state index contributed by atoms with van der Waals surface area (Å²) in [6.07, 6.45) is 0. The second-order valence-corrected chi connectivity index (χ2v) is 40.4. The molecule has 0 spiro atoms. The van der Waals surface area contributed by atoms with Gasteiger partial charge in [-0.25, -0.2) is 138 Å². The summed E-state index contributed by atoms with van der Waals surface area (Å²) in [6, 6.07) is 51.0. The second-order valence-electron chi connectivity index (χ2n) is 27.9. The van der Waals surface area contributed by atoms with Crippen LogP contribution in [0.15, 0.2) is 282 Å². The maximum absolute atomic E-state index is 12.6. The summed E-state index contributed by atoms with van der Waals surface area (Å²) in [5, 5.41) is 44.5. The Morgan fingerprint density at radius 1 is 0.180 bits per heavy atom. The molecule has 8 bridgehead atoms. The number of primary sulfonamides is 8. The van der Waals surface area contributed by atoms with E-state index in [2.05, 4.69) is 9.97 Å². The van der Waals surface area contributed by atoms with Crippen LogP contribution in [0, 0.1) is 0 Å². The standard InChI is InChI=1S/C80H58N16O24S8/c81-121(97,98)49-17-1-41(2-18-49)113-65-33-57-58(34-66(65)114-42-3-19-50(20-4-42)122(82,99)100)74-89-73(57)93-75-59-35-67(115-43-5-21-51(22-6-43)123(83,101)102)68(116-44-7-23-52(24-8-44)124(84,103)104)36-60(59)77(90-75)95-79-63-39-71(119-47-13-29-55(30-14-47)127(87,109)110)72(120-48-15-31-56(32-16-48)128(88,111)112)40-64(63)80(92-79)96-78-62-38-70(118-46-11-27-54(28-12-46)126(86,107)108)69(37-61(62)76(91-78)94-74)117-45-9-25-53(26-10-45)125(85,105)106/h1-40H,(H2,81,97,98)(H2,82,99,100)(H2,83,101,102)(H2,84,103,104)(H2,85,105,106)(H2,86,107,108)(H2,87,109,110)(H2,88,111,112)(H2,89,90,91,92,93,94,95,96). The lowest BCUT2D eigenvalue weighted by Gasteiger charge is -2.15. The van der Waals surface area contributed by atoms with Crippen LogP contribution in [-0.2, 0) is 80.2 Å². The van der Waals surface area contributed by atoms with Crippen molar-refractivity contribution in [2.24, 2.45) is 41.1 Å². The highest BCUT2D eigenvalue weighted by atomic mass is 32.2. The fourth-order valence-corrected chi connectivity index (χ4v) is 17.2. The molecule has 0 fully saturated rings. The highest BCUT2D eigenvalue weighted by Gasteiger charge is 2.31. The van der Waals surface area contributed by atoms with E-state index < -0.39 is 80.2 Å². The number of hydrogen-bond donors (Lipinski definition) is 10. The van der Waals surface area contributed by atoms with Gasteiger partial charge in [0.2, 0.25) is 80.2 Å². The number of nitrogens with two attached hydrogens (primary N) is 8. The molecule has 2 aliphatic rings. The minimum Gasteiger partial charge on any atom is -0.453 e. The summed E-state index contributed by atoms with van der Waals surface area (Å²) in [5.74, 6) is -1.94. The van der Waals surface area contributed by atoms with E-state index in [9.17, 15) is 67.3 Å². The van der Waals surface area contributed by atoms with Gasteiger partial charge in [0.15, 0.2) is 69.3 Å². The van der Waals surface area contributed by atoms with Gasteiger partial charge in [-0.05, 0) is 243 Å². The Bertz CT molecular complexity index is 7400. The molecule has 0 radical (unpaired) electrons. The molecule has 18 N–H and O–H groups in total. The Morgan fingerprint density at radius 3 is 0.430 bits per heavy atom. The third kappa shape index (κ3) is 18.3. The summed E-state index contributed by atoms with van der Waals surface area (Å²) in [7, 11) is -34.1. The molecule has 5 heterocycles. The lowest BCUT2D eigenvalue weighted by Crippen LogP contribution is -2.11. The molecule has 650 valence electrons. The minimum absolute atomic E-state index is 0.0000145. The summed E-state index contributed by atoms with van der Waals surface area (Å²) in [4.78, 5) is 35.5. The lowest BCUT2D eigenvalue weighted by atomic mass is 10.1. The number of rotatable bonds is 24. The van der Waals surface area contributed by atoms with Crippen LogP contribution in [-0.4, -0.2) is 107 Å². The average Bonchev–Trinajstić information content (AvgIpc) is 1.58. The van der Waals surface area contributed by atoms with Gasteiger partial charge in [-0.15, -0.1) is 0 Å². The molecule has 17 rings (SSSR count). The van der Waals surface area contributed by atoms with Gasteiger partial charge in [0.25, 0.3) is 0 Å². The van der Waals surface area contributed by atoms with Crippen molar-refractivity contribution in [3.63, 3.8) is 0 Å². The van der Waals surface area contributed by atoms with Gasteiger partial charge < -0.3 is 47.9 Å². The van der Waals surface area contributed by atoms with Crippen LogP contribution in [0.1, 0.15) is 0 Å². The van der Waals surface area contributed by atoms with Crippen molar-refractivity contribution < 1.29 is 105 Å². The van der Waals surface area contributed by atoms with Gasteiger partial charge in [0.1, 0.15) is 68.6 Å². The monoisotopic (exact) mass is 1880 g/mol. The van der Waals surface area contributed by atoms with Crippen LogP contribution in [0.3, 0.4) is 0 Å². The fraction of sp³-hybridized carbons (Fsp3) is 0. The summed E-state index contributed by atoms with van der Waals surface area (Å²) in [6.45, 7) is 0. The molecule has 0 saturated carbocycles. The molecular weight excluding hydrogens is 1830 g/mol. The van der Waals surface area contributed by atoms with Crippen LogP contribution in [0.4, 0.5) is 0 Å². The van der Waals surface area contributed by atoms with Crippen molar-refractivity contribution in [2.75, 3.05) is 0 Å². The van der Waals surface area contributed by atoms with Crippen LogP contribution in [0.25, 0.3) is 89.7 Å². The molecule has 0 aliphatic carbocycles. The molecule has 15 aromatic rings. The van der Waals surface area contributed by atoms with E-state index in [0.717, 1.165) is 0 Å². The average molecular weight is 1880 g/mol. The van der Waals surface area contributed by atoms with E-state index in [4.69, 9.17) is 109 Å². The molecule has 0 saturated heterocycles. The van der Waals surface area contributed by atoms with Gasteiger partial charge in [0.05, 0.1) is 39.2 Å². The summed E-state index contributed by atoms with van der Waals surface area (Å²) >= 11 is 0. The maximum Gasteiger partial charge on any atom is 0.238 e. The van der Waals surface area contributed by atoms with Gasteiger partial charge in [-0.1, -0.05) is 0 Å². The number of ether oxygens (including phenoxy) is 8. The number of nitrogens with zero attached hydrogens (tertiary/aromatic N) is 6. The zero-order chi connectivity index (χ0) is 90.7. The number of fused-ring (bicyclic) bond motifs is 20. The van der Waals surface area contributed by atoms with E-state index in [-0.39, 0.29) is 221 Å². The first-order valence-corrected chi connectivity index (χ1v) is 48.7. The normalized spacial score (nSPS) is 12.6. The topological polar surface area (TPSA) is 664 Å². The highest BCUT2D eigenvalue weighted by molar-refractivity contribution is 7.91. The number of hydrogen-bond acceptors (Lipinski definition) is 30. The molecule has 40 nitrogen and oxygen atoms in total. The van der Waals surface area contributed by atoms with E-state index in [1.165, 1.54) is 243 Å². The number of sulfonamides is 8. The van der Waals surface area contributed by atoms with Gasteiger partial charge >= 0.3 is 0 Å². The van der Waals surface area contributed by atoms with Crippen LogP contribution < -0.4 is 79.0 Å². The molecule has 0 amide bonds. The molecule has 0 unspecified atom stereocenters. The first-order valence-electron chi connectivity index (χ1n) is 36.3. The smallest absolute Gasteiger partial charge is 0.238 e. The molecule has 3 aromatic heterocycles. The number of nitrogens with one attached hydrogen (secondary N) is 2. The van der Waals surface area contributed by atoms with E-state index in [1.807, 2.05) is 0 Å². The first-order chi connectivity index (χ1) is 60.3. The quantitative estimate of drug-likeness (QED) is 0.0269. The third-order valence-corrected chi connectivity index (χ3v) is 26.6. The Balaban J connectivity index is 0.993. The number of H-pyrrole nitrogens is 2. The Labute approximate surface area is 724 Å². The molecule has 128 heavy (non-hydrogen) atoms. The fourth-order valence-electron chi connectivity index (χ4n) is 13.0. The molecule has 48 heteroatoms. The minimum atomic E-state index is -4.26. The predicted octanol–water partition coefficient (Wildman–Crippen LogP) is 10.4. The number of aromatic nitrogens is 8. The zero-order valence-electron chi connectivity index (χ0n) is 64.5. The maximum atomic E-state index is 12.6. The van der Waals surface area contributed by atoms with Crippen molar-refractivity contribution in [2.45, 2.75) is 39.2 Å². The first kappa shape index (κ1) is 85.8. The number of aromatic amines is 2. The lowest BCUT2D eigenvalue weighted by molar-refractivity contribution is 0.419. The number of benzene rings is 12. The third-order valence-electron chi connectivity index (χ3n) is 19.1. The molecule has 12 aromatic carbocycles. The molecule has 2 aliphatic heterocycles. The highest BCUT2D eigenvalue weighted by Crippen LogP contribution is 2.50. The molecule has 0 atom stereocenters. The summed E-state index contributed by atoms with van der Waals surface area (Å²) < 4.78 is 254. The van der Waals surface area contributed by atoms with Crippen molar-refractivity contribution in [1.29, 1.82) is 0 Å². The SMILES string of the molecule is NS(=O)(=O)c1ccc(Oc2cc3c(cc2Oc2ccc(S(N)(=O)=O)cc2)-c2nc-3nc3[nH]c(nc4nc(nc5[nH]c(n2)c2cc(Oc6ccc(S(N)(=O)=O)cc6)c(Oc6ccc(S(N)(=O)=O)cc6)cc52)-c2cc(Oc5ccc(S(N)(=O)=O)cc5)c(Oc5ccc(S(N)(=O)=O)cc5)cc2-4)c2cc(Oc4ccc(S(N)(=O)=O)cc4)c(Oc4ccc(S(N)(=O)=O)cc4)cc32)cc1. The van der Waals surface area contributed by atoms with E-state index in [1.54, 1.807) is 0 Å². The van der Waals surface area contributed by atoms with Gasteiger partial charge in [-0.3, -0.25) is 0 Å². The Kier molecular flexibility index (Phi) is 21.4. The van der Waals surface area contributed by atoms with Crippen LogP contribution >= 0.6 is 0 Å². The van der Waals surface area contributed by atoms with Crippen molar-refractivity contribution >= 4 is 124 Å². The molecular formula is C80H58N16O24S8. The van der Waals surface area contributed by atoms with Gasteiger partial charge in [-0.2, -0.15) is 0 Å². The van der Waals surface area contributed by atoms with Crippen molar-refractivity contribution in [3.8, 4) is 138 Å². The van der Waals surface area contributed by atoms with E-state index in [0.29, 0.717) is 0 Å². The van der Waals surface area contributed by atoms with Crippen LogP contribution in [0.2, 0.25) is 0 Å². The predicted molar refractivity (Wildman–Crippen MR) is 459 cm³/mol. The summed E-state index contributed by atoms with van der Waals surface area (Å²) in [5.41, 5.74) is -0.0797. The Hall–Kier alpha value is -14.3. The van der Waals surface area contributed by atoms with Crippen molar-refractivity contribution in [1.82, 2.24) is 39.9 Å².